The van der Waals surface area contributed by atoms with Gasteiger partial charge in [0.25, 0.3) is 0 Å². The van der Waals surface area contributed by atoms with Gasteiger partial charge < -0.3 is 4.74 Å². The summed E-state index contributed by atoms with van der Waals surface area (Å²) in [7, 11) is 3.39. The van der Waals surface area contributed by atoms with Crippen LogP contribution in [0.15, 0.2) is 24.3 Å². The number of rotatable bonds is 16. The van der Waals surface area contributed by atoms with Crippen molar-refractivity contribution in [1.82, 2.24) is 0 Å². The van der Waals surface area contributed by atoms with E-state index >= 15 is 0 Å². The summed E-state index contributed by atoms with van der Waals surface area (Å²) >= 11 is 0. The topological polar surface area (TPSA) is 9.23 Å². The molecule has 1 nitrogen and oxygen atoms in total. The Balaban J connectivity index is 3.11. The first-order valence-corrected chi connectivity index (χ1v) is 9.08. The van der Waals surface area contributed by atoms with E-state index in [1.165, 1.54) is 70.6 Å². The highest BCUT2D eigenvalue weighted by molar-refractivity contribution is 4.92. The molecule has 0 aromatic carbocycles. The summed E-state index contributed by atoms with van der Waals surface area (Å²) in [6, 6.07) is 0. The van der Waals surface area contributed by atoms with Gasteiger partial charge in [-0.2, -0.15) is 0 Å². The van der Waals surface area contributed by atoms with Crippen LogP contribution in [0.4, 0.5) is 0 Å². The van der Waals surface area contributed by atoms with Gasteiger partial charge in [-0.15, -0.1) is 0 Å². The lowest BCUT2D eigenvalue weighted by molar-refractivity contribution is 0.233. The zero-order chi connectivity index (χ0) is 15.4. The van der Waals surface area contributed by atoms with Crippen LogP contribution in [-0.2, 0) is 4.74 Å². The Kier molecular flexibility index (Phi) is 18.9. The van der Waals surface area contributed by atoms with Crippen molar-refractivity contribution in [1.29, 1.82) is 0 Å². The number of hydrogen-bond donors (Lipinski definition) is 0. The molecule has 0 unspecified atom stereocenters. The second kappa shape index (κ2) is 19.4. The third kappa shape index (κ3) is 19.4. The SMILES string of the molecule is [CH2]OCCCCCCCCC/C=C\CC=CCCCCC. The molecule has 0 heterocycles. The Morgan fingerprint density at radius 1 is 0.667 bits per heavy atom. The van der Waals surface area contributed by atoms with E-state index in [-0.39, 0.29) is 0 Å². The zero-order valence-electron chi connectivity index (χ0n) is 14.3. The van der Waals surface area contributed by atoms with E-state index in [9.17, 15) is 0 Å². The molecule has 0 aliphatic heterocycles. The minimum Gasteiger partial charge on any atom is -0.379 e. The van der Waals surface area contributed by atoms with Crippen LogP contribution in [-0.4, -0.2) is 6.61 Å². The van der Waals surface area contributed by atoms with E-state index in [2.05, 4.69) is 38.3 Å². The summed E-state index contributed by atoms with van der Waals surface area (Å²) < 4.78 is 4.80. The molecule has 0 amide bonds. The predicted molar refractivity (Wildman–Crippen MR) is 95.3 cm³/mol. The molecular formula is C20H37O. The van der Waals surface area contributed by atoms with Crippen molar-refractivity contribution in [3.63, 3.8) is 0 Å². The van der Waals surface area contributed by atoms with E-state index in [0.717, 1.165) is 19.4 Å². The molecule has 0 atom stereocenters. The third-order valence-electron chi connectivity index (χ3n) is 3.74. The molecule has 21 heavy (non-hydrogen) atoms. The fraction of sp³-hybridized carbons (Fsp3) is 0.750. The molecule has 0 rings (SSSR count). The number of ether oxygens (including phenoxy) is 1. The van der Waals surface area contributed by atoms with Crippen molar-refractivity contribution >= 4 is 0 Å². The van der Waals surface area contributed by atoms with Crippen molar-refractivity contribution in [2.24, 2.45) is 0 Å². The Morgan fingerprint density at radius 2 is 1.19 bits per heavy atom. The van der Waals surface area contributed by atoms with Gasteiger partial charge in [0.15, 0.2) is 0 Å². The molecule has 0 aliphatic carbocycles. The van der Waals surface area contributed by atoms with Crippen LogP contribution in [0.25, 0.3) is 0 Å². The summed E-state index contributed by atoms with van der Waals surface area (Å²) in [5, 5.41) is 0. The van der Waals surface area contributed by atoms with Crippen molar-refractivity contribution in [3.8, 4) is 0 Å². The molecule has 1 radical (unpaired) electrons. The minimum absolute atomic E-state index is 0.817. The highest BCUT2D eigenvalue weighted by Crippen LogP contribution is 2.09. The third-order valence-corrected chi connectivity index (χ3v) is 3.74. The first-order valence-electron chi connectivity index (χ1n) is 9.08. The Bertz CT molecular complexity index is 230. The molecule has 0 N–H and O–H groups in total. The van der Waals surface area contributed by atoms with Crippen LogP contribution >= 0.6 is 0 Å². The van der Waals surface area contributed by atoms with Crippen molar-refractivity contribution in [2.45, 2.75) is 90.4 Å². The molecule has 0 saturated heterocycles. The maximum atomic E-state index is 4.80. The molecular weight excluding hydrogens is 256 g/mol. The van der Waals surface area contributed by atoms with Gasteiger partial charge in [-0.3, -0.25) is 0 Å². The quantitative estimate of drug-likeness (QED) is 0.220. The lowest BCUT2D eigenvalue weighted by Crippen LogP contribution is -1.86. The first-order chi connectivity index (χ1) is 10.4. The maximum absolute atomic E-state index is 4.80. The first kappa shape index (κ1) is 20.4. The van der Waals surface area contributed by atoms with Gasteiger partial charge in [-0.1, -0.05) is 76.2 Å². The molecule has 0 spiro atoms. The van der Waals surface area contributed by atoms with E-state index in [0.29, 0.717) is 0 Å². The van der Waals surface area contributed by atoms with Crippen LogP contribution in [0.3, 0.4) is 0 Å². The van der Waals surface area contributed by atoms with Crippen LogP contribution in [0.5, 0.6) is 0 Å². The Morgan fingerprint density at radius 3 is 1.76 bits per heavy atom. The number of hydrogen-bond acceptors (Lipinski definition) is 1. The summed E-state index contributed by atoms with van der Waals surface area (Å²) in [6.07, 6.45) is 26.2. The molecule has 0 fully saturated rings. The van der Waals surface area contributed by atoms with E-state index in [4.69, 9.17) is 4.74 Å². The molecule has 0 aromatic heterocycles. The number of unbranched alkanes of at least 4 members (excludes halogenated alkanes) is 10. The predicted octanol–water partition coefficient (Wildman–Crippen LogP) is 7.00. The van der Waals surface area contributed by atoms with Gasteiger partial charge in [-0.25, -0.2) is 0 Å². The average Bonchev–Trinajstić information content (AvgIpc) is 2.50. The largest absolute Gasteiger partial charge is 0.379 e. The van der Waals surface area contributed by atoms with Gasteiger partial charge in [0.05, 0.1) is 7.11 Å². The van der Waals surface area contributed by atoms with Crippen molar-refractivity contribution < 1.29 is 4.74 Å². The van der Waals surface area contributed by atoms with E-state index in [1.54, 1.807) is 0 Å². The lowest BCUT2D eigenvalue weighted by atomic mass is 10.1. The number of allylic oxidation sites excluding steroid dienone is 4. The standard InChI is InChI=1S/C20H37O/c1-3-4-5-6-7-8-9-10-11-12-13-14-15-16-17-18-19-20-21-2/h7-8,10-11H,2-6,9,12-20H2,1H3/b8-7?,11-10-. The van der Waals surface area contributed by atoms with Crippen LogP contribution in [0, 0.1) is 7.11 Å². The Labute approximate surface area is 133 Å². The van der Waals surface area contributed by atoms with Crippen LogP contribution in [0.2, 0.25) is 0 Å². The maximum Gasteiger partial charge on any atom is 0.0700 e. The van der Waals surface area contributed by atoms with Gasteiger partial charge in [-0.05, 0) is 38.5 Å². The fourth-order valence-electron chi connectivity index (χ4n) is 2.37. The average molecular weight is 294 g/mol. The summed E-state index contributed by atoms with van der Waals surface area (Å²) in [5.41, 5.74) is 0. The minimum atomic E-state index is 0.817. The summed E-state index contributed by atoms with van der Waals surface area (Å²) in [4.78, 5) is 0. The molecule has 0 aliphatic rings. The van der Waals surface area contributed by atoms with Gasteiger partial charge in [0.1, 0.15) is 0 Å². The highest BCUT2D eigenvalue weighted by atomic mass is 16.5. The zero-order valence-corrected chi connectivity index (χ0v) is 14.3. The summed E-state index contributed by atoms with van der Waals surface area (Å²) in [5.74, 6) is 0. The molecule has 0 aromatic rings. The lowest BCUT2D eigenvalue weighted by Gasteiger charge is -2.00. The van der Waals surface area contributed by atoms with Crippen molar-refractivity contribution in [3.05, 3.63) is 31.4 Å². The van der Waals surface area contributed by atoms with Crippen LogP contribution in [0.1, 0.15) is 90.4 Å². The van der Waals surface area contributed by atoms with E-state index in [1.807, 2.05) is 0 Å². The molecule has 0 bridgehead atoms. The molecule has 1 heteroatoms. The molecule has 123 valence electrons. The van der Waals surface area contributed by atoms with Gasteiger partial charge in [0.2, 0.25) is 0 Å². The van der Waals surface area contributed by atoms with Gasteiger partial charge in [0, 0.05) is 6.61 Å². The van der Waals surface area contributed by atoms with Crippen molar-refractivity contribution in [2.75, 3.05) is 6.61 Å². The monoisotopic (exact) mass is 293 g/mol. The summed E-state index contributed by atoms with van der Waals surface area (Å²) in [6.45, 7) is 3.07. The molecule has 0 saturated carbocycles. The second-order valence-corrected chi connectivity index (χ2v) is 5.85. The second-order valence-electron chi connectivity index (χ2n) is 5.85. The normalized spacial score (nSPS) is 11.9. The highest BCUT2D eigenvalue weighted by Gasteiger charge is 1.91. The van der Waals surface area contributed by atoms with E-state index < -0.39 is 0 Å². The van der Waals surface area contributed by atoms with Gasteiger partial charge >= 0.3 is 0 Å². The smallest absolute Gasteiger partial charge is 0.0700 e. The Hall–Kier alpha value is -0.560. The fourth-order valence-corrected chi connectivity index (χ4v) is 2.37. The van der Waals surface area contributed by atoms with Crippen LogP contribution < -0.4 is 0 Å².